The first-order chi connectivity index (χ1) is 10.0. The fraction of sp³-hybridized carbons (Fsp3) is 0.500. The van der Waals surface area contributed by atoms with Crippen LogP contribution in [0.3, 0.4) is 0 Å². The highest BCUT2D eigenvalue weighted by atomic mass is 16.6. The van der Waals surface area contributed by atoms with Crippen molar-refractivity contribution in [1.29, 1.82) is 0 Å². The maximum Gasteiger partial charge on any atom is 0.293 e. The highest BCUT2D eigenvalue weighted by Gasteiger charge is 2.26. The van der Waals surface area contributed by atoms with E-state index in [4.69, 9.17) is 4.74 Å². The molecule has 1 aliphatic heterocycles. The third-order valence-electron chi connectivity index (χ3n) is 3.76. The lowest BCUT2D eigenvalue weighted by Gasteiger charge is -2.20. The molecule has 2 N–H and O–H groups in total. The highest BCUT2D eigenvalue weighted by Crippen LogP contribution is 2.28. The molecular formula is C14H19N3O4. The largest absolute Gasteiger partial charge is 0.382 e. The average Bonchev–Trinajstić information content (AvgIpc) is 3.00. The van der Waals surface area contributed by atoms with E-state index < -0.39 is 4.92 Å². The number of benzene rings is 1. The maximum absolute atomic E-state index is 12.4. The first kappa shape index (κ1) is 15.2. The van der Waals surface area contributed by atoms with Gasteiger partial charge in [0.1, 0.15) is 5.69 Å². The smallest absolute Gasteiger partial charge is 0.293 e. The van der Waals surface area contributed by atoms with Gasteiger partial charge in [0.05, 0.1) is 17.1 Å². The van der Waals surface area contributed by atoms with Gasteiger partial charge in [0, 0.05) is 31.7 Å². The van der Waals surface area contributed by atoms with Gasteiger partial charge in [0.25, 0.3) is 11.6 Å². The zero-order valence-electron chi connectivity index (χ0n) is 12.1. The number of carbonyl (C=O) groups excluding carboxylic acids is 1. The van der Waals surface area contributed by atoms with Crippen molar-refractivity contribution in [2.45, 2.75) is 19.4 Å². The van der Waals surface area contributed by atoms with Crippen LogP contribution in [0.5, 0.6) is 0 Å². The SMILES string of the molecule is CNc1c(C(=O)NC(C)C2CCOC2)cccc1[N+](=O)[O-]. The minimum atomic E-state index is -0.503. The number of rotatable bonds is 5. The molecule has 2 atom stereocenters. The number of carbonyl (C=O) groups is 1. The van der Waals surface area contributed by atoms with E-state index in [9.17, 15) is 14.9 Å². The second-order valence-corrected chi connectivity index (χ2v) is 5.09. The predicted molar refractivity (Wildman–Crippen MR) is 78.5 cm³/mol. The first-order valence-electron chi connectivity index (χ1n) is 6.88. The summed E-state index contributed by atoms with van der Waals surface area (Å²) in [4.78, 5) is 22.9. The number of anilines is 1. The van der Waals surface area contributed by atoms with Gasteiger partial charge in [-0.15, -0.1) is 0 Å². The lowest BCUT2D eigenvalue weighted by atomic mass is 10.00. The average molecular weight is 293 g/mol. The third-order valence-corrected chi connectivity index (χ3v) is 3.76. The summed E-state index contributed by atoms with van der Waals surface area (Å²) < 4.78 is 5.31. The van der Waals surface area contributed by atoms with Crippen LogP contribution >= 0.6 is 0 Å². The van der Waals surface area contributed by atoms with Crippen LogP contribution in [0.4, 0.5) is 11.4 Å². The maximum atomic E-state index is 12.4. The zero-order valence-corrected chi connectivity index (χ0v) is 12.1. The van der Waals surface area contributed by atoms with E-state index in [0.717, 1.165) is 6.42 Å². The summed E-state index contributed by atoms with van der Waals surface area (Å²) in [5, 5.41) is 16.6. The number of nitrogens with one attached hydrogen (secondary N) is 2. The van der Waals surface area contributed by atoms with Gasteiger partial charge in [-0.3, -0.25) is 14.9 Å². The fourth-order valence-corrected chi connectivity index (χ4v) is 2.49. The number of para-hydroxylation sites is 1. The van der Waals surface area contributed by atoms with Crippen LogP contribution < -0.4 is 10.6 Å². The molecule has 2 rings (SSSR count). The molecule has 0 aromatic heterocycles. The molecule has 0 aliphatic carbocycles. The lowest BCUT2D eigenvalue weighted by Crippen LogP contribution is -2.38. The summed E-state index contributed by atoms with van der Waals surface area (Å²) in [7, 11) is 1.56. The number of amides is 1. The Hall–Kier alpha value is -2.15. The summed E-state index contributed by atoms with van der Waals surface area (Å²) in [6.07, 6.45) is 0.912. The minimum absolute atomic E-state index is 0.0380. The van der Waals surface area contributed by atoms with Crippen molar-refractivity contribution in [1.82, 2.24) is 5.32 Å². The molecule has 114 valence electrons. The van der Waals surface area contributed by atoms with Gasteiger partial charge in [0.2, 0.25) is 0 Å². The molecule has 1 fully saturated rings. The van der Waals surface area contributed by atoms with Gasteiger partial charge in [-0.05, 0) is 19.4 Å². The Labute approximate surface area is 122 Å². The monoisotopic (exact) mass is 293 g/mol. The van der Waals surface area contributed by atoms with Gasteiger partial charge in [-0.2, -0.15) is 0 Å². The Bertz CT molecular complexity index is 541. The van der Waals surface area contributed by atoms with Crippen LogP contribution in [0.1, 0.15) is 23.7 Å². The van der Waals surface area contributed by atoms with Crippen molar-refractivity contribution >= 4 is 17.3 Å². The number of nitrogens with zero attached hydrogens (tertiary/aromatic N) is 1. The Morgan fingerprint density at radius 2 is 2.29 bits per heavy atom. The van der Waals surface area contributed by atoms with Crippen LogP contribution in [0.15, 0.2) is 18.2 Å². The number of hydrogen-bond acceptors (Lipinski definition) is 5. The molecule has 1 aromatic rings. The Balaban J connectivity index is 2.18. The second-order valence-electron chi connectivity index (χ2n) is 5.09. The van der Waals surface area contributed by atoms with E-state index in [-0.39, 0.29) is 34.8 Å². The van der Waals surface area contributed by atoms with Crippen molar-refractivity contribution in [3.05, 3.63) is 33.9 Å². The molecule has 1 saturated heterocycles. The van der Waals surface area contributed by atoms with Crippen molar-refractivity contribution in [2.24, 2.45) is 5.92 Å². The van der Waals surface area contributed by atoms with E-state index >= 15 is 0 Å². The number of hydrogen-bond donors (Lipinski definition) is 2. The molecule has 21 heavy (non-hydrogen) atoms. The minimum Gasteiger partial charge on any atom is -0.382 e. The summed E-state index contributed by atoms with van der Waals surface area (Å²) in [5.41, 5.74) is 0.398. The number of ether oxygens (including phenoxy) is 1. The molecule has 0 radical (unpaired) electrons. The molecule has 1 aromatic carbocycles. The third kappa shape index (κ3) is 3.30. The van der Waals surface area contributed by atoms with Crippen molar-refractivity contribution in [3.63, 3.8) is 0 Å². The Morgan fingerprint density at radius 1 is 1.52 bits per heavy atom. The van der Waals surface area contributed by atoms with Gasteiger partial charge in [-0.1, -0.05) is 6.07 Å². The zero-order chi connectivity index (χ0) is 15.4. The van der Waals surface area contributed by atoms with Gasteiger partial charge >= 0.3 is 0 Å². The summed E-state index contributed by atoms with van der Waals surface area (Å²) in [5.74, 6) is -0.0341. The fourth-order valence-electron chi connectivity index (χ4n) is 2.49. The van der Waals surface area contributed by atoms with Crippen molar-refractivity contribution in [3.8, 4) is 0 Å². The molecule has 0 spiro atoms. The van der Waals surface area contributed by atoms with E-state index in [1.54, 1.807) is 13.1 Å². The summed E-state index contributed by atoms with van der Waals surface area (Å²) >= 11 is 0. The first-order valence-corrected chi connectivity index (χ1v) is 6.88. The van der Waals surface area contributed by atoms with Crippen molar-refractivity contribution in [2.75, 3.05) is 25.6 Å². The Kier molecular flexibility index (Phi) is 4.74. The molecule has 0 saturated carbocycles. The van der Waals surface area contributed by atoms with Crippen LogP contribution in [0.2, 0.25) is 0 Å². The molecule has 1 aliphatic rings. The van der Waals surface area contributed by atoms with E-state index in [0.29, 0.717) is 13.2 Å². The van der Waals surface area contributed by atoms with E-state index in [1.165, 1.54) is 12.1 Å². The standard InChI is InChI=1S/C14H19N3O4/c1-9(10-6-7-21-8-10)16-14(18)11-4-3-5-12(17(19)20)13(11)15-2/h3-5,9-10,15H,6-8H2,1-2H3,(H,16,18). The van der Waals surface area contributed by atoms with Crippen molar-refractivity contribution < 1.29 is 14.5 Å². The number of nitro groups is 1. The van der Waals surface area contributed by atoms with Gasteiger partial charge < -0.3 is 15.4 Å². The second kappa shape index (κ2) is 6.53. The Morgan fingerprint density at radius 3 is 2.86 bits per heavy atom. The molecular weight excluding hydrogens is 274 g/mol. The van der Waals surface area contributed by atoms with Crippen LogP contribution in [0, 0.1) is 16.0 Å². The van der Waals surface area contributed by atoms with Crippen LogP contribution in [-0.4, -0.2) is 37.1 Å². The normalized spacial score (nSPS) is 19.0. The summed E-state index contributed by atoms with van der Waals surface area (Å²) in [6.45, 7) is 3.27. The van der Waals surface area contributed by atoms with Gasteiger partial charge in [-0.25, -0.2) is 0 Å². The molecule has 1 heterocycles. The molecule has 1 amide bonds. The van der Waals surface area contributed by atoms with Crippen LogP contribution in [0.25, 0.3) is 0 Å². The van der Waals surface area contributed by atoms with Crippen LogP contribution in [-0.2, 0) is 4.74 Å². The number of nitro benzene ring substituents is 1. The summed E-state index contributed by atoms with van der Waals surface area (Å²) in [6, 6.07) is 4.42. The van der Waals surface area contributed by atoms with E-state index in [1.807, 2.05) is 6.92 Å². The van der Waals surface area contributed by atoms with E-state index in [2.05, 4.69) is 10.6 Å². The highest BCUT2D eigenvalue weighted by molar-refractivity contribution is 6.01. The molecule has 7 heteroatoms. The lowest BCUT2D eigenvalue weighted by molar-refractivity contribution is -0.384. The predicted octanol–water partition coefficient (Wildman–Crippen LogP) is 1.79. The molecule has 2 unspecified atom stereocenters. The van der Waals surface area contributed by atoms with Gasteiger partial charge in [0.15, 0.2) is 0 Å². The molecule has 0 bridgehead atoms. The topological polar surface area (TPSA) is 93.5 Å². The quantitative estimate of drug-likeness (QED) is 0.637. The molecule has 7 nitrogen and oxygen atoms in total.